The van der Waals surface area contributed by atoms with E-state index < -0.39 is 22.2 Å². The van der Waals surface area contributed by atoms with E-state index in [0.29, 0.717) is 35.6 Å². The molecule has 0 bridgehead atoms. The van der Waals surface area contributed by atoms with Gasteiger partial charge in [0.15, 0.2) is 33.6 Å². The van der Waals surface area contributed by atoms with E-state index in [1.54, 1.807) is 26.4 Å². The number of carbonyl (C=O) groups excluding carboxylic acids is 1. The lowest BCUT2D eigenvalue weighted by Crippen LogP contribution is -2.53. The molecule has 4 atom stereocenters. The molecule has 6 aromatic rings. The molecule has 1 saturated carbocycles. The monoisotopic (exact) mass is 899 g/mol. The maximum Gasteiger partial charge on any atom is 0.256 e. The van der Waals surface area contributed by atoms with Crippen LogP contribution in [0, 0.1) is 5.92 Å². The number of ether oxygens (including phenoxy) is 3. The lowest BCUT2D eigenvalue weighted by atomic mass is 9.79. The molecule has 13 heteroatoms. The number of aromatic nitrogens is 4. The van der Waals surface area contributed by atoms with Gasteiger partial charge in [-0.05, 0) is 95.8 Å². The van der Waals surface area contributed by atoms with Crippen molar-refractivity contribution in [1.82, 2.24) is 19.5 Å². The third kappa shape index (κ3) is 9.32. The van der Waals surface area contributed by atoms with Gasteiger partial charge in [0.2, 0.25) is 0 Å². The number of hydrogen-bond acceptors (Lipinski definition) is 9. The summed E-state index contributed by atoms with van der Waals surface area (Å²) in [5.74, 6) is 1.45. The number of fused-ring (bicyclic) bond motifs is 1. The van der Waals surface area contributed by atoms with Crippen LogP contribution < -0.4 is 14.8 Å². The van der Waals surface area contributed by atoms with Gasteiger partial charge in [-0.3, -0.25) is 4.79 Å². The summed E-state index contributed by atoms with van der Waals surface area (Å²) in [6.07, 6.45) is 3.22. The van der Waals surface area contributed by atoms with Gasteiger partial charge >= 0.3 is 0 Å². The number of hydrogen-bond donors (Lipinski definition) is 1. The van der Waals surface area contributed by atoms with Gasteiger partial charge in [0.1, 0.15) is 23.4 Å². The second kappa shape index (κ2) is 18.4. The van der Waals surface area contributed by atoms with Gasteiger partial charge in [-0.1, -0.05) is 114 Å². The summed E-state index contributed by atoms with van der Waals surface area (Å²) in [6.45, 7) is 23.2. The first kappa shape index (κ1) is 46.8. The van der Waals surface area contributed by atoms with Gasteiger partial charge < -0.3 is 32.9 Å². The topological polar surface area (TPSA) is 119 Å². The number of methoxy groups -OCH3 is 2. The Balaban J connectivity index is 1.38. The first-order chi connectivity index (χ1) is 30.3. The fourth-order valence-electron chi connectivity index (χ4n) is 8.10. The Morgan fingerprint density at radius 3 is 1.69 bits per heavy atom. The highest BCUT2D eigenvalue weighted by molar-refractivity contribution is 6.74. The number of carbonyl (C=O) groups is 1. The number of anilines is 1. The number of benzene rings is 4. The van der Waals surface area contributed by atoms with Crippen molar-refractivity contribution in [1.29, 1.82) is 0 Å². The fraction of sp³-hybridized carbons (Fsp3) is 0.412. The molecule has 64 heavy (non-hydrogen) atoms. The highest BCUT2D eigenvalue weighted by Gasteiger charge is 2.54. The third-order valence-electron chi connectivity index (χ3n) is 13.9. The maximum atomic E-state index is 13.4. The molecule has 0 spiro atoms. The Morgan fingerprint density at radius 1 is 0.672 bits per heavy atom. The Labute approximate surface area is 381 Å². The number of amides is 1. The summed E-state index contributed by atoms with van der Waals surface area (Å²) < 4.78 is 36.3. The van der Waals surface area contributed by atoms with Crippen LogP contribution in [0.1, 0.15) is 81.1 Å². The molecular weight excluding hydrogens is 835 g/mol. The average molecular weight is 900 g/mol. The van der Waals surface area contributed by atoms with Crippen LogP contribution in [-0.4, -0.2) is 75.1 Å². The van der Waals surface area contributed by atoms with E-state index in [0.717, 1.165) is 28.2 Å². The molecule has 1 aliphatic rings. The molecule has 1 amide bonds. The zero-order chi connectivity index (χ0) is 46.1. The van der Waals surface area contributed by atoms with Crippen molar-refractivity contribution < 1.29 is 27.9 Å². The lowest BCUT2D eigenvalue weighted by molar-refractivity contribution is -0.0429. The smallest absolute Gasteiger partial charge is 0.256 e. The van der Waals surface area contributed by atoms with Crippen molar-refractivity contribution in [3.63, 3.8) is 0 Å². The van der Waals surface area contributed by atoms with E-state index in [4.69, 9.17) is 33.0 Å². The van der Waals surface area contributed by atoms with E-state index in [1.807, 2.05) is 54.9 Å². The summed E-state index contributed by atoms with van der Waals surface area (Å²) in [5, 5.41) is 2.82. The molecular formula is C51H65N5O6Si2. The highest BCUT2D eigenvalue weighted by Crippen LogP contribution is 2.50. The predicted molar refractivity (Wildman–Crippen MR) is 259 cm³/mol. The minimum absolute atomic E-state index is 0.0845. The lowest BCUT2D eigenvalue weighted by Gasteiger charge is -2.45. The second-order valence-electron chi connectivity index (χ2n) is 19.9. The van der Waals surface area contributed by atoms with Gasteiger partial charge in [0, 0.05) is 11.5 Å². The number of rotatable bonds is 15. The summed E-state index contributed by atoms with van der Waals surface area (Å²) in [6, 6.07) is 35.6. The molecule has 2 aromatic heterocycles. The Morgan fingerprint density at radius 2 is 1.17 bits per heavy atom. The minimum Gasteiger partial charge on any atom is -0.497 e. The highest BCUT2D eigenvalue weighted by atomic mass is 28.4. The van der Waals surface area contributed by atoms with E-state index in [9.17, 15) is 4.79 Å². The molecule has 1 fully saturated rings. The normalized spacial score (nSPS) is 18.6. The van der Waals surface area contributed by atoms with E-state index >= 15 is 0 Å². The van der Waals surface area contributed by atoms with Crippen LogP contribution in [0.2, 0.25) is 36.3 Å². The molecule has 0 saturated heterocycles. The largest absolute Gasteiger partial charge is 0.497 e. The minimum atomic E-state index is -2.44. The molecule has 4 aromatic carbocycles. The van der Waals surface area contributed by atoms with Gasteiger partial charge in [0.05, 0.1) is 45.4 Å². The first-order valence-electron chi connectivity index (χ1n) is 22.2. The average Bonchev–Trinajstić information content (AvgIpc) is 3.85. The van der Waals surface area contributed by atoms with E-state index in [-0.39, 0.29) is 40.2 Å². The Bertz CT molecular complexity index is 2450. The molecule has 11 nitrogen and oxygen atoms in total. The van der Waals surface area contributed by atoms with Gasteiger partial charge in [-0.2, -0.15) is 0 Å². The van der Waals surface area contributed by atoms with Gasteiger partial charge in [-0.25, -0.2) is 15.0 Å². The van der Waals surface area contributed by atoms with Gasteiger partial charge in [0.25, 0.3) is 5.91 Å². The third-order valence-corrected chi connectivity index (χ3v) is 22.8. The predicted octanol–water partition coefficient (Wildman–Crippen LogP) is 11.4. The zero-order valence-electron chi connectivity index (χ0n) is 39.5. The van der Waals surface area contributed by atoms with Crippen LogP contribution in [0.3, 0.4) is 0 Å². The van der Waals surface area contributed by atoms with Crippen molar-refractivity contribution >= 4 is 39.5 Å². The molecule has 1 aliphatic carbocycles. The van der Waals surface area contributed by atoms with Crippen molar-refractivity contribution in [2.45, 2.75) is 108 Å². The molecule has 338 valence electrons. The van der Waals surface area contributed by atoms with Crippen molar-refractivity contribution in [2.24, 2.45) is 5.92 Å². The SMILES string of the molecule is COc1ccc(C(OC[C@H]2C[C@@H](n3cnc4c(NC(=O)c5ccccc5)ncnc43)[C@H](O[Si](C)(C)C(C)(C)C)[C@@H]2O[Si](C)(C)C(C)(C)C)(c2ccccc2)c2ccc(OC)cc2)cc1. The van der Waals surface area contributed by atoms with Crippen LogP contribution >= 0.6 is 0 Å². The summed E-state index contributed by atoms with van der Waals surface area (Å²) >= 11 is 0. The fourth-order valence-corrected chi connectivity index (χ4v) is 10.8. The summed E-state index contributed by atoms with van der Waals surface area (Å²) in [7, 11) is -1.52. The number of imidazole rings is 1. The van der Waals surface area contributed by atoms with Crippen molar-refractivity contribution in [3.8, 4) is 11.5 Å². The van der Waals surface area contributed by atoms with Crippen LogP contribution in [0.4, 0.5) is 5.82 Å². The van der Waals surface area contributed by atoms with Crippen molar-refractivity contribution in [3.05, 3.63) is 144 Å². The van der Waals surface area contributed by atoms with Crippen molar-refractivity contribution in [2.75, 3.05) is 26.1 Å². The molecule has 0 unspecified atom stereocenters. The van der Waals surface area contributed by atoms with Crippen LogP contribution in [0.15, 0.2) is 122 Å². The van der Waals surface area contributed by atoms with E-state index in [2.05, 4.69) is 131 Å². The summed E-state index contributed by atoms with van der Waals surface area (Å²) in [4.78, 5) is 27.6. The molecule has 2 heterocycles. The molecule has 0 radical (unpaired) electrons. The summed E-state index contributed by atoms with van der Waals surface area (Å²) in [5.41, 5.74) is 3.50. The Kier molecular flexibility index (Phi) is 13.4. The molecule has 0 aliphatic heterocycles. The second-order valence-corrected chi connectivity index (χ2v) is 29.4. The maximum absolute atomic E-state index is 13.4. The van der Waals surface area contributed by atoms with Gasteiger partial charge in [-0.15, -0.1) is 0 Å². The number of nitrogens with zero attached hydrogens (tertiary/aromatic N) is 4. The Hall–Kier alpha value is -5.19. The molecule has 7 rings (SSSR count). The molecule has 1 N–H and O–H groups in total. The van der Waals surface area contributed by atoms with Crippen LogP contribution in [0.25, 0.3) is 11.2 Å². The van der Waals surface area contributed by atoms with Crippen LogP contribution in [-0.2, 0) is 19.2 Å². The van der Waals surface area contributed by atoms with E-state index in [1.165, 1.54) is 6.33 Å². The zero-order valence-corrected chi connectivity index (χ0v) is 41.5. The quantitative estimate of drug-likeness (QED) is 0.0793. The van der Waals surface area contributed by atoms with Crippen LogP contribution in [0.5, 0.6) is 11.5 Å². The number of nitrogens with one attached hydrogen (secondary N) is 1. The standard InChI is InChI=1S/C51H65N5O6Si2/c1-49(2,3)63(9,10)61-44-36(32-60-51(37-21-17-14-18-22-37,38-23-27-40(58-7)28-24-38)39-25-29-41(59-8)30-26-39)31-42(45(44)62-64(11,12)50(4,5)6)56-34-54-43-46(52-33-53-47(43)56)55-48(57)35-19-15-13-16-20-35/h13-30,33-34,36,42,44-45H,31-32H2,1-12H3,(H,52,53,55,57)/t36-,42-,44-,45+/m1/s1. The first-order valence-corrected chi connectivity index (χ1v) is 28.0.